The molecule has 3 nitrogen and oxygen atoms in total. The summed E-state index contributed by atoms with van der Waals surface area (Å²) in [4.78, 5) is 2.48. The first kappa shape index (κ1) is 12.5. The number of hydrogen-bond donors (Lipinski definition) is 1. The van der Waals surface area contributed by atoms with Crippen LogP contribution < -0.4 is 5.73 Å². The fourth-order valence-electron chi connectivity index (χ4n) is 2.96. The monoisotopic (exact) mass is 256 g/mol. The lowest BCUT2D eigenvalue weighted by atomic mass is 10.0. The molecule has 2 N–H and O–H groups in total. The number of hydrogen-bond acceptors (Lipinski definition) is 3. The minimum absolute atomic E-state index is 0.271. The van der Waals surface area contributed by atoms with E-state index in [0.717, 1.165) is 25.9 Å². The van der Waals surface area contributed by atoms with E-state index < -0.39 is 0 Å². The van der Waals surface area contributed by atoms with Crippen molar-refractivity contribution >= 4 is 0 Å². The highest BCUT2D eigenvalue weighted by Crippen LogP contribution is 2.24. The molecule has 0 spiro atoms. The highest BCUT2D eigenvalue weighted by Gasteiger charge is 2.22. The van der Waals surface area contributed by atoms with Crippen LogP contribution in [-0.4, -0.2) is 24.5 Å². The minimum atomic E-state index is 0.271. The first-order valence-corrected chi connectivity index (χ1v) is 6.91. The molecule has 1 aromatic heterocycles. The van der Waals surface area contributed by atoms with Crippen LogP contribution in [-0.2, 0) is 12.8 Å². The lowest BCUT2D eigenvalue weighted by Gasteiger charge is -2.28. The molecule has 1 atom stereocenters. The van der Waals surface area contributed by atoms with E-state index in [1.165, 1.54) is 16.7 Å². The molecule has 3 heteroatoms. The summed E-state index contributed by atoms with van der Waals surface area (Å²) in [6.07, 6.45) is 5.75. The van der Waals surface area contributed by atoms with Crippen molar-refractivity contribution in [1.82, 2.24) is 4.90 Å². The maximum atomic E-state index is 5.97. The van der Waals surface area contributed by atoms with Crippen molar-refractivity contribution in [2.75, 3.05) is 19.6 Å². The van der Waals surface area contributed by atoms with Crippen molar-refractivity contribution in [3.63, 3.8) is 0 Å². The van der Waals surface area contributed by atoms with Gasteiger partial charge in [0.1, 0.15) is 0 Å². The van der Waals surface area contributed by atoms with Gasteiger partial charge in [0.05, 0.1) is 18.6 Å². The topological polar surface area (TPSA) is 42.4 Å². The quantitative estimate of drug-likeness (QED) is 0.917. The molecular formula is C16H20N2O. The lowest BCUT2D eigenvalue weighted by molar-refractivity contribution is 0.210. The van der Waals surface area contributed by atoms with Crippen LogP contribution in [0.3, 0.4) is 0 Å². The second-order valence-corrected chi connectivity index (χ2v) is 5.11. The fraction of sp³-hybridized carbons (Fsp3) is 0.375. The third-order valence-electron chi connectivity index (χ3n) is 4.05. The summed E-state index contributed by atoms with van der Waals surface area (Å²) < 4.78 is 5.20. The number of rotatable bonds is 3. The Kier molecular flexibility index (Phi) is 3.67. The fourth-order valence-corrected chi connectivity index (χ4v) is 2.96. The van der Waals surface area contributed by atoms with E-state index in [2.05, 4.69) is 29.2 Å². The van der Waals surface area contributed by atoms with Gasteiger partial charge in [0.2, 0.25) is 0 Å². The minimum Gasteiger partial charge on any atom is -0.472 e. The van der Waals surface area contributed by atoms with E-state index in [-0.39, 0.29) is 6.04 Å². The largest absolute Gasteiger partial charge is 0.472 e. The molecule has 0 saturated carbocycles. The van der Waals surface area contributed by atoms with Crippen molar-refractivity contribution in [2.24, 2.45) is 5.73 Å². The number of furan rings is 1. The maximum Gasteiger partial charge on any atom is 0.0950 e. The molecule has 1 aliphatic heterocycles. The summed E-state index contributed by atoms with van der Waals surface area (Å²) >= 11 is 0. The van der Waals surface area contributed by atoms with Crippen molar-refractivity contribution in [3.8, 4) is 0 Å². The summed E-state index contributed by atoms with van der Waals surface area (Å²) in [7, 11) is 0. The van der Waals surface area contributed by atoms with E-state index in [1.54, 1.807) is 6.26 Å². The van der Waals surface area contributed by atoms with Gasteiger partial charge in [0, 0.05) is 25.2 Å². The summed E-state index contributed by atoms with van der Waals surface area (Å²) in [5, 5.41) is 0. The molecule has 1 unspecified atom stereocenters. The highest BCUT2D eigenvalue weighted by atomic mass is 16.3. The average Bonchev–Trinajstić information content (AvgIpc) is 2.88. The van der Waals surface area contributed by atoms with E-state index >= 15 is 0 Å². The molecule has 0 amide bonds. The van der Waals surface area contributed by atoms with Crippen LogP contribution in [0.15, 0.2) is 47.3 Å². The van der Waals surface area contributed by atoms with Gasteiger partial charge in [0.15, 0.2) is 0 Å². The number of fused-ring (bicyclic) bond motifs is 1. The van der Waals surface area contributed by atoms with E-state index in [0.29, 0.717) is 6.54 Å². The van der Waals surface area contributed by atoms with Gasteiger partial charge in [-0.05, 0) is 30.0 Å². The third kappa shape index (κ3) is 2.57. The number of nitrogens with zero attached hydrogens (tertiary/aromatic N) is 1. The number of benzene rings is 1. The zero-order valence-electron chi connectivity index (χ0n) is 11.1. The Morgan fingerprint density at radius 3 is 2.32 bits per heavy atom. The molecule has 100 valence electrons. The summed E-state index contributed by atoms with van der Waals surface area (Å²) in [6, 6.07) is 11.0. The molecule has 0 fully saturated rings. The molecule has 2 aromatic rings. The van der Waals surface area contributed by atoms with Gasteiger partial charge in [-0.15, -0.1) is 0 Å². The predicted octanol–water partition coefficient (Wildman–Crippen LogP) is 2.38. The standard InChI is InChI=1S/C16H20N2O/c17-11-16(15-7-10-19-12-15)18-8-5-13-3-1-2-4-14(13)6-9-18/h1-4,7,10,12,16H,5-6,8-9,11,17H2. The summed E-state index contributed by atoms with van der Waals surface area (Å²) in [5.41, 5.74) is 10.1. The molecule has 0 saturated heterocycles. The van der Waals surface area contributed by atoms with Gasteiger partial charge in [-0.25, -0.2) is 0 Å². The average molecular weight is 256 g/mol. The molecule has 3 rings (SSSR count). The lowest BCUT2D eigenvalue weighted by Crippen LogP contribution is -2.35. The van der Waals surface area contributed by atoms with Gasteiger partial charge < -0.3 is 10.2 Å². The Balaban J connectivity index is 1.77. The maximum absolute atomic E-state index is 5.97. The van der Waals surface area contributed by atoms with Gasteiger partial charge in [0.25, 0.3) is 0 Å². The van der Waals surface area contributed by atoms with Gasteiger partial charge in [-0.2, -0.15) is 0 Å². The van der Waals surface area contributed by atoms with Crippen LogP contribution in [0.25, 0.3) is 0 Å². The SMILES string of the molecule is NCC(c1ccoc1)N1CCc2ccccc2CC1. The Hall–Kier alpha value is -1.58. The summed E-state index contributed by atoms with van der Waals surface area (Å²) in [6.45, 7) is 2.75. The molecular weight excluding hydrogens is 236 g/mol. The van der Waals surface area contributed by atoms with Crippen molar-refractivity contribution in [2.45, 2.75) is 18.9 Å². The van der Waals surface area contributed by atoms with Crippen molar-refractivity contribution < 1.29 is 4.42 Å². The van der Waals surface area contributed by atoms with Gasteiger partial charge >= 0.3 is 0 Å². The molecule has 1 aliphatic rings. The van der Waals surface area contributed by atoms with Crippen molar-refractivity contribution in [3.05, 3.63) is 59.5 Å². The second kappa shape index (κ2) is 5.59. The highest BCUT2D eigenvalue weighted by molar-refractivity contribution is 5.29. The van der Waals surface area contributed by atoms with Gasteiger partial charge in [-0.3, -0.25) is 4.90 Å². The van der Waals surface area contributed by atoms with E-state index in [1.807, 2.05) is 12.3 Å². The Labute approximate surface area is 114 Å². The van der Waals surface area contributed by atoms with Crippen LogP contribution in [0, 0.1) is 0 Å². The van der Waals surface area contributed by atoms with Crippen LogP contribution >= 0.6 is 0 Å². The second-order valence-electron chi connectivity index (χ2n) is 5.11. The molecule has 1 aromatic carbocycles. The Morgan fingerprint density at radius 2 is 1.79 bits per heavy atom. The third-order valence-corrected chi connectivity index (χ3v) is 4.05. The molecule has 19 heavy (non-hydrogen) atoms. The molecule has 0 radical (unpaired) electrons. The molecule has 0 aliphatic carbocycles. The number of nitrogens with two attached hydrogens (primary N) is 1. The van der Waals surface area contributed by atoms with E-state index in [9.17, 15) is 0 Å². The Bertz CT molecular complexity index is 494. The van der Waals surface area contributed by atoms with E-state index in [4.69, 9.17) is 10.2 Å². The summed E-state index contributed by atoms with van der Waals surface area (Å²) in [5.74, 6) is 0. The zero-order chi connectivity index (χ0) is 13.1. The first-order chi connectivity index (χ1) is 9.38. The zero-order valence-corrected chi connectivity index (χ0v) is 11.1. The van der Waals surface area contributed by atoms with Crippen LogP contribution in [0.5, 0.6) is 0 Å². The normalized spacial score (nSPS) is 17.7. The predicted molar refractivity (Wildman–Crippen MR) is 75.9 cm³/mol. The van der Waals surface area contributed by atoms with Crippen molar-refractivity contribution in [1.29, 1.82) is 0 Å². The molecule has 0 bridgehead atoms. The van der Waals surface area contributed by atoms with Crippen LogP contribution in [0.1, 0.15) is 22.7 Å². The van der Waals surface area contributed by atoms with Crippen LogP contribution in [0.4, 0.5) is 0 Å². The first-order valence-electron chi connectivity index (χ1n) is 6.91. The van der Waals surface area contributed by atoms with Gasteiger partial charge in [-0.1, -0.05) is 24.3 Å². The van der Waals surface area contributed by atoms with Crippen LogP contribution in [0.2, 0.25) is 0 Å². The molecule has 2 heterocycles. The Morgan fingerprint density at radius 1 is 1.11 bits per heavy atom. The smallest absolute Gasteiger partial charge is 0.0950 e.